The molecule has 1 heterocycles. The maximum absolute atomic E-state index is 12.1. The van der Waals surface area contributed by atoms with Gasteiger partial charge in [0.25, 0.3) is 5.91 Å². The fraction of sp³-hybridized carbons (Fsp3) is 0.357. The van der Waals surface area contributed by atoms with Crippen molar-refractivity contribution in [3.05, 3.63) is 40.4 Å². The molecular weight excluding hydrogens is 274 g/mol. The highest BCUT2D eigenvalue weighted by Gasteiger charge is 2.17. The van der Waals surface area contributed by atoms with Crippen molar-refractivity contribution in [3.8, 4) is 5.75 Å². The Labute approximate surface area is 121 Å². The van der Waals surface area contributed by atoms with Gasteiger partial charge in [0.1, 0.15) is 10.6 Å². The Kier molecular flexibility index (Phi) is 4.68. The Bertz CT molecular complexity index is 578. The average Bonchev–Trinajstić information content (AvgIpc) is 2.90. The first-order valence-corrected chi connectivity index (χ1v) is 7.23. The second-order valence-electron chi connectivity index (χ2n) is 4.81. The summed E-state index contributed by atoms with van der Waals surface area (Å²) in [7, 11) is 0. The molecule has 20 heavy (non-hydrogen) atoms. The third-order valence-corrected chi connectivity index (χ3v) is 3.64. The lowest BCUT2D eigenvalue weighted by Gasteiger charge is -2.06. The van der Waals surface area contributed by atoms with Gasteiger partial charge in [0.15, 0.2) is 0 Å². The first-order valence-electron chi connectivity index (χ1n) is 6.46. The van der Waals surface area contributed by atoms with Crippen LogP contribution in [0.4, 0.5) is 0 Å². The molecule has 0 spiro atoms. The zero-order valence-corrected chi connectivity index (χ0v) is 12.3. The summed E-state index contributed by atoms with van der Waals surface area (Å²) in [6.45, 7) is 4.52. The van der Waals surface area contributed by atoms with E-state index in [2.05, 4.69) is 14.9 Å². The number of rotatable bonds is 5. The summed E-state index contributed by atoms with van der Waals surface area (Å²) in [5.74, 6) is 0.309. The molecule has 0 atom stereocenters. The highest BCUT2D eigenvalue weighted by molar-refractivity contribution is 7.08. The van der Waals surface area contributed by atoms with Crippen LogP contribution in [0.3, 0.4) is 0 Å². The van der Waals surface area contributed by atoms with Crippen LogP contribution < -0.4 is 5.32 Å². The van der Waals surface area contributed by atoms with Crippen LogP contribution >= 0.6 is 11.5 Å². The van der Waals surface area contributed by atoms with Gasteiger partial charge in [-0.1, -0.05) is 30.5 Å². The molecule has 2 aromatic rings. The number of amides is 1. The topological polar surface area (TPSA) is 75.1 Å². The zero-order chi connectivity index (χ0) is 14.5. The molecule has 1 aromatic heterocycles. The third-order valence-electron chi connectivity index (χ3n) is 2.90. The van der Waals surface area contributed by atoms with Crippen molar-refractivity contribution in [2.75, 3.05) is 6.54 Å². The van der Waals surface area contributed by atoms with Crippen molar-refractivity contribution in [3.63, 3.8) is 0 Å². The number of benzene rings is 1. The second kappa shape index (κ2) is 6.47. The fourth-order valence-corrected chi connectivity index (χ4v) is 2.53. The number of hydrogen-bond donors (Lipinski definition) is 2. The quantitative estimate of drug-likeness (QED) is 0.886. The van der Waals surface area contributed by atoms with E-state index in [4.69, 9.17) is 0 Å². The van der Waals surface area contributed by atoms with E-state index in [0.29, 0.717) is 11.4 Å². The fourth-order valence-electron chi connectivity index (χ4n) is 1.80. The van der Waals surface area contributed by atoms with Gasteiger partial charge in [-0.15, -0.1) is 5.10 Å². The van der Waals surface area contributed by atoms with Gasteiger partial charge in [-0.3, -0.25) is 4.79 Å². The Morgan fingerprint density at radius 2 is 2.05 bits per heavy atom. The molecule has 0 fully saturated rings. The molecule has 0 saturated heterocycles. The zero-order valence-electron chi connectivity index (χ0n) is 11.5. The number of aromatic hydroxyl groups is 1. The van der Waals surface area contributed by atoms with Gasteiger partial charge in [0, 0.05) is 6.54 Å². The van der Waals surface area contributed by atoms with E-state index in [1.807, 2.05) is 26.0 Å². The lowest BCUT2D eigenvalue weighted by atomic mass is 10.1. The number of phenols is 1. The summed E-state index contributed by atoms with van der Waals surface area (Å²) in [5.41, 5.74) is 1.81. The van der Waals surface area contributed by atoms with Crippen LogP contribution in [0.15, 0.2) is 24.3 Å². The molecule has 0 radical (unpaired) electrons. The van der Waals surface area contributed by atoms with E-state index in [1.54, 1.807) is 12.1 Å². The maximum Gasteiger partial charge on any atom is 0.264 e. The first kappa shape index (κ1) is 14.5. The predicted molar refractivity (Wildman–Crippen MR) is 78.1 cm³/mol. The van der Waals surface area contributed by atoms with Crippen LogP contribution in [0, 0.1) is 0 Å². The Balaban J connectivity index is 1.89. The summed E-state index contributed by atoms with van der Waals surface area (Å²) >= 11 is 1.13. The lowest BCUT2D eigenvalue weighted by Crippen LogP contribution is -2.26. The molecule has 0 bridgehead atoms. The smallest absolute Gasteiger partial charge is 0.264 e. The van der Waals surface area contributed by atoms with E-state index >= 15 is 0 Å². The van der Waals surface area contributed by atoms with Gasteiger partial charge < -0.3 is 10.4 Å². The average molecular weight is 291 g/mol. The molecule has 6 heteroatoms. The van der Waals surface area contributed by atoms with Crippen LogP contribution in [0.2, 0.25) is 0 Å². The number of carbonyl (C=O) groups is 1. The van der Waals surface area contributed by atoms with Crippen LogP contribution in [0.5, 0.6) is 5.75 Å². The van der Waals surface area contributed by atoms with Gasteiger partial charge in [-0.25, -0.2) is 0 Å². The summed E-state index contributed by atoms with van der Waals surface area (Å²) in [4.78, 5) is 12.6. The molecule has 1 aromatic carbocycles. The Morgan fingerprint density at radius 1 is 1.35 bits per heavy atom. The molecule has 0 saturated carbocycles. The predicted octanol–water partition coefficient (Wildman–Crippen LogP) is 2.34. The first-order chi connectivity index (χ1) is 9.58. The van der Waals surface area contributed by atoms with Crippen molar-refractivity contribution in [1.82, 2.24) is 14.9 Å². The highest BCUT2D eigenvalue weighted by atomic mass is 32.1. The van der Waals surface area contributed by atoms with E-state index in [-0.39, 0.29) is 17.6 Å². The van der Waals surface area contributed by atoms with Crippen LogP contribution in [-0.4, -0.2) is 27.1 Å². The minimum atomic E-state index is -0.123. The number of hydrogen-bond acceptors (Lipinski definition) is 5. The summed E-state index contributed by atoms with van der Waals surface area (Å²) < 4.78 is 3.84. The molecule has 0 aliphatic carbocycles. The molecule has 106 valence electrons. The van der Waals surface area contributed by atoms with Crippen molar-refractivity contribution < 1.29 is 9.90 Å². The maximum atomic E-state index is 12.1. The molecule has 5 nitrogen and oxygen atoms in total. The van der Waals surface area contributed by atoms with Crippen molar-refractivity contribution in [1.29, 1.82) is 0 Å². The summed E-state index contributed by atoms with van der Waals surface area (Å²) in [5, 5.41) is 16.1. The number of phenolic OH excluding ortho intramolecular Hbond substituents is 1. The normalized spacial score (nSPS) is 10.8. The third kappa shape index (κ3) is 3.54. The molecule has 1 amide bonds. The molecule has 2 N–H and O–H groups in total. The Hall–Kier alpha value is -1.95. The second-order valence-corrected chi connectivity index (χ2v) is 5.57. The minimum absolute atomic E-state index is 0.123. The number of aromatic nitrogens is 2. The van der Waals surface area contributed by atoms with Gasteiger partial charge in [-0.2, -0.15) is 0 Å². The molecule has 0 aliphatic rings. The highest BCUT2D eigenvalue weighted by Crippen LogP contribution is 2.19. The van der Waals surface area contributed by atoms with E-state index in [1.165, 1.54) is 0 Å². The minimum Gasteiger partial charge on any atom is -0.508 e. The number of nitrogens with one attached hydrogen (secondary N) is 1. The Morgan fingerprint density at radius 3 is 2.70 bits per heavy atom. The molecule has 0 unspecified atom stereocenters. The molecular formula is C14H17N3O2S. The van der Waals surface area contributed by atoms with Gasteiger partial charge in [0.2, 0.25) is 0 Å². The van der Waals surface area contributed by atoms with Crippen LogP contribution in [0.1, 0.15) is 40.7 Å². The molecule has 0 aliphatic heterocycles. The summed E-state index contributed by atoms with van der Waals surface area (Å²) in [6.07, 6.45) is 0.718. The van der Waals surface area contributed by atoms with Crippen molar-refractivity contribution in [2.45, 2.75) is 26.2 Å². The number of nitrogens with zero attached hydrogens (tertiary/aromatic N) is 2. The van der Waals surface area contributed by atoms with Crippen LogP contribution in [-0.2, 0) is 6.42 Å². The van der Waals surface area contributed by atoms with Gasteiger partial charge in [0.05, 0.1) is 5.69 Å². The molecule has 2 rings (SSSR count). The van der Waals surface area contributed by atoms with Gasteiger partial charge >= 0.3 is 0 Å². The lowest BCUT2D eigenvalue weighted by molar-refractivity contribution is 0.0956. The van der Waals surface area contributed by atoms with Crippen LogP contribution in [0.25, 0.3) is 0 Å². The van der Waals surface area contributed by atoms with Gasteiger partial charge in [-0.05, 0) is 41.6 Å². The number of carbonyl (C=O) groups excluding carboxylic acids is 1. The van der Waals surface area contributed by atoms with Crippen molar-refractivity contribution >= 4 is 17.4 Å². The van der Waals surface area contributed by atoms with E-state index in [0.717, 1.165) is 29.2 Å². The monoisotopic (exact) mass is 291 g/mol. The largest absolute Gasteiger partial charge is 0.508 e. The van der Waals surface area contributed by atoms with E-state index < -0.39 is 0 Å². The standard InChI is InChI=1S/C14H17N3O2S/c1-9(2)12-13(20-17-16-12)14(19)15-8-7-10-3-5-11(18)6-4-10/h3-6,9,18H,7-8H2,1-2H3,(H,15,19). The SMILES string of the molecule is CC(C)c1nnsc1C(=O)NCCc1ccc(O)cc1. The van der Waals surface area contributed by atoms with Crippen molar-refractivity contribution in [2.24, 2.45) is 0 Å². The summed E-state index contributed by atoms with van der Waals surface area (Å²) in [6, 6.07) is 6.97. The van der Waals surface area contributed by atoms with E-state index in [9.17, 15) is 9.90 Å².